The van der Waals surface area contributed by atoms with Crippen molar-refractivity contribution in [3.8, 4) is 5.75 Å². The molecule has 2 rings (SSSR count). The highest BCUT2D eigenvalue weighted by Gasteiger charge is 2.08. The summed E-state index contributed by atoms with van der Waals surface area (Å²) in [5, 5.41) is 6.52. The molecule has 0 spiro atoms. The van der Waals surface area contributed by atoms with Gasteiger partial charge in [0.25, 0.3) is 0 Å². The highest BCUT2D eigenvalue weighted by Crippen LogP contribution is 2.17. The Labute approximate surface area is 127 Å². The van der Waals surface area contributed by atoms with Crippen LogP contribution in [0.2, 0.25) is 0 Å². The van der Waals surface area contributed by atoms with Crippen molar-refractivity contribution in [1.29, 1.82) is 0 Å². The van der Waals surface area contributed by atoms with Gasteiger partial charge in [-0.2, -0.15) is 0 Å². The van der Waals surface area contributed by atoms with E-state index >= 15 is 0 Å². The number of anilines is 1. The molecule has 6 heteroatoms. The Hall–Kier alpha value is -3.15. The predicted molar refractivity (Wildman–Crippen MR) is 83.5 cm³/mol. The normalized spacial score (nSPS) is 10.8. The van der Waals surface area contributed by atoms with Crippen LogP contribution in [-0.4, -0.2) is 18.0 Å². The van der Waals surface area contributed by atoms with Crippen LogP contribution in [0.1, 0.15) is 12.0 Å². The molecule has 112 valence electrons. The summed E-state index contributed by atoms with van der Waals surface area (Å²) in [5.41, 5.74) is 7.01. The van der Waals surface area contributed by atoms with E-state index < -0.39 is 5.91 Å². The first-order chi connectivity index (χ1) is 10.7. The summed E-state index contributed by atoms with van der Waals surface area (Å²) in [6, 6.07) is 15.9. The zero-order valence-electron chi connectivity index (χ0n) is 11.7. The van der Waals surface area contributed by atoms with Crippen LogP contribution in [-0.2, 0) is 9.59 Å². The first-order valence-electron chi connectivity index (χ1n) is 6.57. The van der Waals surface area contributed by atoms with Crippen LogP contribution in [0.15, 0.2) is 59.8 Å². The van der Waals surface area contributed by atoms with Gasteiger partial charge in [-0.1, -0.05) is 41.6 Å². The van der Waals surface area contributed by atoms with Crippen LogP contribution in [0.3, 0.4) is 0 Å². The number of benzene rings is 2. The zero-order chi connectivity index (χ0) is 15.8. The second kappa shape index (κ2) is 7.58. The Morgan fingerprint density at radius 3 is 2.64 bits per heavy atom. The SMILES string of the molecule is NC(=O)C/C(=N\Oc1cccc(NC=O)c1)c1ccccc1. The number of hydrogen-bond donors (Lipinski definition) is 2. The summed E-state index contributed by atoms with van der Waals surface area (Å²) in [7, 11) is 0. The predicted octanol–water partition coefficient (Wildman–Crippen LogP) is 1.91. The smallest absolute Gasteiger partial charge is 0.223 e. The maximum Gasteiger partial charge on any atom is 0.223 e. The Morgan fingerprint density at radius 2 is 1.95 bits per heavy atom. The molecule has 0 saturated carbocycles. The molecule has 2 amide bonds. The molecule has 0 fully saturated rings. The van der Waals surface area contributed by atoms with Gasteiger partial charge in [-0.3, -0.25) is 9.59 Å². The van der Waals surface area contributed by atoms with Gasteiger partial charge in [0.2, 0.25) is 12.3 Å². The monoisotopic (exact) mass is 297 g/mol. The molecule has 3 N–H and O–H groups in total. The van der Waals surface area contributed by atoms with Gasteiger partial charge in [-0.25, -0.2) is 0 Å². The van der Waals surface area contributed by atoms with Crippen molar-refractivity contribution in [3.05, 3.63) is 60.2 Å². The van der Waals surface area contributed by atoms with Gasteiger partial charge in [0.15, 0.2) is 5.75 Å². The molecule has 0 aliphatic heterocycles. The molecule has 2 aromatic carbocycles. The molecule has 0 aliphatic carbocycles. The molecule has 0 saturated heterocycles. The van der Waals surface area contributed by atoms with E-state index in [0.717, 1.165) is 5.56 Å². The number of amides is 2. The Bertz CT molecular complexity index is 684. The average Bonchev–Trinajstić information content (AvgIpc) is 2.53. The minimum atomic E-state index is -0.498. The molecule has 0 atom stereocenters. The molecule has 22 heavy (non-hydrogen) atoms. The Balaban J connectivity index is 2.21. The number of oxime groups is 1. The van der Waals surface area contributed by atoms with Gasteiger partial charge in [-0.05, 0) is 17.7 Å². The molecule has 6 nitrogen and oxygen atoms in total. The van der Waals surface area contributed by atoms with Crippen LogP contribution in [0.4, 0.5) is 5.69 Å². The molecule has 0 aliphatic rings. The Kier molecular flexibility index (Phi) is 5.25. The van der Waals surface area contributed by atoms with Gasteiger partial charge >= 0.3 is 0 Å². The van der Waals surface area contributed by atoms with Crippen molar-refractivity contribution in [1.82, 2.24) is 0 Å². The summed E-state index contributed by atoms with van der Waals surface area (Å²) in [6.07, 6.45) is 0.543. The molecular formula is C16H15N3O3. The highest BCUT2D eigenvalue weighted by atomic mass is 16.6. The first-order valence-corrected chi connectivity index (χ1v) is 6.57. The van der Waals surface area contributed by atoms with Crippen molar-refractivity contribution in [2.45, 2.75) is 6.42 Å². The first kappa shape index (κ1) is 15.2. The molecule has 0 heterocycles. The van der Waals surface area contributed by atoms with E-state index in [1.165, 1.54) is 0 Å². The maximum atomic E-state index is 11.2. The van der Waals surface area contributed by atoms with Gasteiger partial charge in [0, 0.05) is 11.8 Å². The van der Waals surface area contributed by atoms with Gasteiger partial charge in [0.1, 0.15) is 0 Å². The number of carbonyl (C=O) groups is 2. The summed E-state index contributed by atoms with van der Waals surface area (Å²) in [5.74, 6) is -0.0627. The summed E-state index contributed by atoms with van der Waals surface area (Å²) >= 11 is 0. The van der Waals surface area contributed by atoms with E-state index in [1.54, 1.807) is 24.3 Å². The summed E-state index contributed by atoms with van der Waals surface area (Å²) in [4.78, 5) is 26.9. The lowest BCUT2D eigenvalue weighted by atomic mass is 10.1. The molecule has 0 unspecified atom stereocenters. The third-order valence-corrected chi connectivity index (χ3v) is 2.77. The topological polar surface area (TPSA) is 93.8 Å². The molecule has 0 aromatic heterocycles. The highest BCUT2D eigenvalue weighted by molar-refractivity contribution is 6.09. The van der Waals surface area contributed by atoms with Crippen molar-refractivity contribution in [3.63, 3.8) is 0 Å². The second-order valence-electron chi connectivity index (χ2n) is 4.43. The van der Waals surface area contributed by atoms with Crippen LogP contribution in [0, 0.1) is 0 Å². The fraction of sp³-hybridized carbons (Fsp3) is 0.0625. The largest absolute Gasteiger partial charge is 0.369 e. The van der Waals surface area contributed by atoms with E-state index in [9.17, 15) is 9.59 Å². The molecule has 2 aromatic rings. The van der Waals surface area contributed by atoms with Crippen LogP contribution >= 0.6 is 0 Å². The Morgan fingerprint density at radius 1 is 1.18 bits per heavy atom. The average molecular weight is 297 g/mol. The van der Waals surface area contributed by atoms with Crippen molar-refractivity contribution >= 4 is 23.7 Å². The fourth-order valence-electron chi connectivity index (χ4n) is 1.80. The standard InChI is InChI=1S/C16H15N3O3/c17-16(21)10-15(12-5-2-1-3-6-12)19-22-14-8-4-7-13(9-14)18-11-20/h1-9,11H,10H2,(H2,17,21)(H,18,20)/b19-15+. The molecule has 0 bridgehead atoms. The van der Waals surface area contributed by atoms with Crippen molar-refractivity contribution in [2.24, 2.45) is 10.9 Å². The van der Waals surface area contributed by atoms with Gasteiger partial charge < -0.3 is 15.9 Å². The minimum absolute atomic E-state index is 0.0315. The summed E-state index contributed by atoms with van der Waals surface area (Å²) < 4.78 is 0. The third kappa shape index (κ3) is 4.45. The number of nitrogens with one attached hydrogen (secondary N) is 1. The van der Waals surface area contributed by atoms with Crippen LogP contribution in [0.5, 0.6) is 5.75 Å². The lowest BCUT2D eigenvalue weighted by Gasteiger charge is -2.06. The van der Waals surface area contributed by atoms with E-state index in [0.29, 0.717) is 23.6 Å². The molecular weight excluding hydrogens is 282 g/mol. The lowest BCUT2D eigenvalue weighted by Crippen LogP contribution is -2.17. The number of carbonyl (C=O) groups excluding carboxylic acids is 2. The van der Waals surface area contributed by atoms with E-state index in [-0.39, 0.29) is 6.42 Å². The number of rotatable bonds is 7. The van der Waals surface area contributed by atoms with E-state index in [2.05, 4.69) is 10.5 Å². The third-order valence-electron chi connectivity index (χ3n) is 2.77. The van der Waals surface area contributed by atoms with Crippen molar-refractivity contribution in [2.75, 3.05) is 5.32 Å². The fourth-order valence-corrected chi connectivity index (χ4v) is 1.80. The quantitative estimate of drug-likeness (QED) is 0.464. The maximum absolute atomic E-state index is 11.2. The van der Waals surface area contributed by atoms with Crippen LogP contribution in [0.25, 0.3) is 0 Å². The number of primary amides is 1. The van der Waals surface area contributed by atoms with E-state index in [1.807, 2.05) is 30.3 Å². The van der Waals surface area contributed by atoms with Crippen LogP contribution < -0.4 is 15.9 Å². The van der Waals surface area contributed by atoms with Crippen molar-refractivity contribution < 1.29 is 14.4 Å². The number of nitrogens with zero attached hydrogens (tertiary/aromatic N) is 1. The second-order valence-corrected chi connectivity index (χ2v) is 4.43. The lowest BCUT2D eigenvalue weighted by molar-refractivity contribution is -0.116. The molecule has 0 radical (unpaired) electrons. The summed E-state index contributed by atoms with van der Waals surface area (Å²) in [6.45, 7) is 0. The van der Waals surface area contributed by atoms with E-state index in [4.69, 9.17) is 10.6 Å². The zero-order valence-corrected chi connectivity index (χ0v) is 11.7. The number of hydrogen-bond acceptors (Lipinski definition) is 4. The number of nitrogens with two attached hydrogens (primary N) is 1. The van der Waals surface area contributed by atoms with Gasteiger partial charge in [-0.15, -0.1) is 0 Å². The van der Waals surface area contributed by atoms with Gasteiger partial charge in [0.05, 0.1) is 12.1 Å². The minimum Gasteiger partial charge on any atom is -0.369 e.